The van der Waals surface area contributed by atoms with Crippen LogP contribution in [0.1, 0.15) is 18.9 Å². The molecule has 96 valence electrons. The van der Waals surface area contributed by atoms with Gasteiger partial charge in [-0.25, -0.2) is 0 Å². The summed E-state index contributed by atoms with van der Waals surface area (Å²) in [5.41, 5.74) is 1.29. The molecule has 0 saturated carbocycles. The maximum atomic E-state index is 8.84. The quantitative estimate of drug-likeness (QED) is 0.873. The number of rotatable bonds is 3. The highest BCUT2D eigenvalue weighted by Crippen LogP contribution is 2.11. The van der Waals surface area contributed by atoms with E-state index in [4.69, 9.17) is 5.26 Å². The Balaban J connectivity index is 1.99. The van der Waals surface area contributed by atoms with Crippen LogP contribution in [0.4, 0.5) is 0 Å². The number of nitrogens with zero attached hydrogens (tertiary/aromatic N) is 3. The lowest BCUT2D eigenvalue weighted by molar-refractivity contribution is 0.241. The van der Waals surface area contributed by atoms with Crippen molar-refractivity contribution in [1.29, 1.82) is 5.26 Å². The molecule has 4 nitrogen and oxygen atoms in total. The highest BCUT2D eigenvalue weighted by molar-refractivity contribution is 5.09. The minimum Gasteiger partial charge on any atom is -0.311 e. The van der Waals surface area contributed by atoms with E-state index in [1.165, 1.54) is 5.56 Å². The number of nitriles is 1. The molecule has 2 heterocycles. The fourth-order valence-corrected chi connectivity index (χ4v) is 2.45. The van der Waals surface area contributed by atoms with Crippen LogP contribution in [0.15, 0.2) is 24.5 Å². The SMILES string of the molecule is CC1CNC(CC#N)CN(Cc2ccncc2)C1. The second kappa shape index (κ2) is 6.48. The van der Waals surface area contributed by atoms with E-state index < -0.39 is 0 Å². The first-order valence-corrected chi connectivity index (χ1v) is 6.49. The lowest BCUT2D eigenvalue weighted by atomic mass is 10.1. The Morgan fingerprint density at radius 2 is 2.22 bits per heavy atom. The summed E-state index contributed by atoms with van der Waals surface area (Å²) in [6.07, 6.45) is 4.25. The Hall–Kier alpha value is -1.44. The molecule has 4 heteroatoms. The first-order chi connectivity index (χ1) is 8.78. The van der Waals surface area contributed by atoms with Crippen molar-refractivity contribution in [3.63, 3.8) is 0 Å². The molecule has 0 bridgehead atoms. The summed E-state index contributed by atoms with van der Waals surface area (Å²) in [6, 6.07) is 6.67. The standard InChI is InChI=1S/C14H20N4/c1-12-8-17-14(2-5-15)11-18(9-12)10-13-3-6-16-7-4-13/h3-4,6-7,12,14,17H,2,8-11H2,1H3. The molecular weight excluding hydrogens is 224 g/mol. The molecule has 1 aromatic rings. The van der Waals surface area contributed by atoms with Crippen molar-refractivity contribution in [2.45, 2.75) is 25.9 Å². The maximum Gasteiger partial charge on any atom is 0.0638 e. The summed E-state index contributed by atoms with van der Waals surface area (Å²) < 4.78 is 0. The average molecular weight is 244 g/mol. The number of aromatic nitrogens is 1. The molecule has 1 aliphatic heterocycles. The summed E-state index contributed by atoms with van der Waals surface area (Å²) in [7, 11) is 0. The predicted octanol–water partition coefficient (Wildman–Crippen LogP) is 1.41. The van der Waals surface area contributed by atoms with Crippen LogP contribution in [0.25, 0.3) is 0 Å². The van der Waals surface area contributed by atoms with Gasteiger partial charge in [0.05, 0.1) is 12.5 Å². The Morgan fingerprint density at radius 3 is 2.94 bits per heavy atom. The first-order valence-electron chi connectivity index (χ1n) is 6.49. The lowest BCUT2D eigenvalue weighted by Gasteiger charge is -2.24. The first kappa shape index (κ1) is 13.0. The van der Waals surface area contributed by atoms with Gasteiger partial charge in [-0.2, -0.15) is 5.26 Å². The van der Waals surface area contributed by atoms with Crippen LogP contribution >= 0.6 is 0 Å². The monoisotopic (exact) mass is 244 g/mol. The van der Waals surface area contributed by atoms with Gasteiger partial charge in [-0.05, 0) is 30.2 Å². The Labute approximate surface area is 109 Å². The minimum atomic E-state index is 0.293. The summed E-state index contributed by atoms with van der Waals surface area (Å²) in [6.45, 7) is 6.22. The molecule has 2 rings (SSSR count). The molecule has 0 spiro atoms. The molecule has 1 fully saturated rings. The number of hydrogen-bond acceptors (Lipinski definition) is 4. The molecule has 2 atom stereocenters. The van der Waals surface area contributed by atoms with Gasteiger partial charge in [0, 0.05) is 38.1 Å². The highest BCUT2D eigenvalue weighted by Gasteiger charge is 2.21. The highest BCUT2D eigenvalue weighted by atomic mass is 15.2. The lowest BCUT2D eigenvalue weighted by Crippen LogP contribution is -2.37. The van der Waals surface area contributed by atoms with Crippen LogP contribution in [0.3, 0.4) is 0 Å². The predicted molar refractivity (Wildman–Crippen MR) is 70.7 cm³/mol. The second-order valence-electron chi connectivity index (χ2n) is 5.12. The van der Waals surface area contributed by atoms with E-state index in [9.17, 15) is 0 Å². The second-order valence-corrected chi connectivity index (χ2v) is 5.12. The van der Waals surface area contributed by atoms with Crippen LogP contribution in [-0.4, -0.2) is 35.6 Å². The molecule has 1 aliphatic rings. The van der Waals surface area contributed by atoms with Gasteiger partial charge in [-0.1, -0.05) is 6.92 Å². The van der Waals surface area contributed by atoms with Crippen molar-refractivity contribution < 1.29 is 0 Å². The van der Waals surface area contributed by atoms with Gasteiger partial charge in [0.25, 0.3) is 0 Å². The molecular formula is C14H20N4. The Kier molecular flexibility index (Phi) is 4.68. The Bertz CT molecular complexity index is 398. The molecule has 0 aromatic carbocycles. The summed E-state index contributed by atoms with van der Waals surface area (Å²) in [5, 5.41) is 12.3. The largest absolute Gasteiger partial charge is 0.311 e. The van der Waals surface area contributed by atoms with Crippen molar-refractivity contribution in [3.8, 4) is 6.07 Å². The average Bonchev–Trinajstić information content (AvgIpc) is 2.53. The normalized spacial score (nSPS) is 25.3. The van der Waals surface area contributed by atoms with Gasteiger partial charge in [0.2, 0.25) is 0 Å². The third-order valence-corrected chi connectivity index (χ3v) is 3.30. The molecule has 0 amide bonds. The Morgan fingerprint density at radius 1 is 1.44 bits per heavy atom. The van der Waals surface area contributed by atoms with Gasteiger partial charge in [0.1, 0.15) is 0 Å². The number of nitrogens with one attached hydrogen (secondary N) is 1. The van der Waals surface area contributed by atoms with E-state index in [2.05, 4.69) is 40.3 Å². The summed E-state index contributed by atoms with van der Waals surface area (Å²) >= 11 is 0. The fraction of sp³-hybridized carbons (Fsp3) is 0.571. The van der Waals surface area contributed by atoms with E-state index in [1.807, 2.05) is 12.4 Å². The van der Waals surface area contributed by atoms with E-state index in [0.717, 1.165) is 26.2 Å². The molecule has 1 N–H and O–H groups in total. The van der Waals surface area contributed by atoms with Gasteiger partial charge in [0.15, 0.2) is 0 Å². The smallest absolute Gasteiger partial charge is 0.0638 e. The van der Waals surface area contributed by atoms with Crippen LogP contribution in [-0.2, 0) is 6.54 Å². The number of pyridine rings is 1. The van der Waals surface area contributed by atoms with Crippen LogP contribution in [0, 0.1) is 17.2 Å². The minimum absolute atomic E-state index is 0.293. The van der Waals surface area contributed by atoms with E-state index in [0.29, 0.717) is 18.4 Å². The summed E-state index contributed by atoms with van der Waals surface area (Å²) in [5.74, 6) is 0.621. The third-order valence-electron chi connectivity index (χ3n) is 3.30. The van der Waals surface area contributed by atoms with E-state index in [1.54, 1.807) is 0 Å². The third kappa shape index (κ3) is 3.80. The van der Waals surface area contributed by atoms with Crippen molar-refractivity contribution >= 4 is 0 Å². The topological polar surface area (TPSA) is 52.0 Å². The molecule has 1 saturated heterocycles. The van der Waals surface area contributed by atoms with Gasteiger partial charge < -0.3 is 5.32 Å². The van der Waals surface area contributed by atoms with Crippen LogP contribution < -0.4 is 5.32 Å². The molecule has 2 unspecified atom stereocenters. The molecule has 18 heavy (non-hydrogen) atoms. The van der Waals surface area contributed by atoms with Crippen molar-refractivity contribution in [3.05, 3.63) is 30.1 Å². The van der Waals surface area contributed by atoms with Gasteiger partial charge >= 0.3 is 0 Å². The van der Waals surface area contributed by atoms with Crippen molar-refractivity contribution in [2.24, 2.45) is 5.92 Å². The maximum absolute atomic E-state index is 8.84. The summed E-state index contributed by atoms with van der Waals surface area (Å²) in [4.78, 5) is 6.47. The number of hydrogen-bond donors (Lipinski definition) is 1. The zero-order chi connectivity index (χ0) is 12.8. The van der Waals surface area contributed by atoms with Gasteiger partial charge in [-0.3, -0.25) is 9.88 Å². The van der Waals surface area contributed by atoms with Gasteiger partial charge in [-0.15, -0.1) is 0 Å². The fourth-order valence-electron chi connectivity index (χ4n) is 2.45. The zero-order valence-corrected chi connectivity index (χ0v) is 10.8. The van der Waals surface area contributed by atoms with Crippen molar-refractivity contribution in [1.82, 2.24) is 15.2 Å². The van der Waals surface area contributed by atoms with E-state index in [-0.39, 0.29) is 0 Å². The molecule has 0 radical (unpaired) electrons. The van der Waals surface area contributed by atoms with Crippen LogP contribution in [0.2, 0.25) is 0 Å². The zero-order valence-electron chi connectivity index (χ0n) is 10.8. The van der Waals surface area contributed by atoms with Crippen LogP contribution in [0.5, 0.6) is 0 Å². The van der Waals surface area contributed by atoms with Crippen molar-refractivity contribution in [2.75, 3.05) is 19.6 Å². The molecule has 0 aliphatic carbocycles. The molecule has 1 aromatic heterocycles. The van der Waals surface area contributed by atoms with E-state index >= 15 is 0 Å².